The number of aryl methyl sites for hydroxylation is 1. The van der Waals surface area contributed by atoms with E-state index in [0.717, 1.165) is 18.3 Å². The molecule has 1 aromatic rings. The fourth-order valence-electron chi connectivity index (χ4n) is 3.54. The van der Waals surface area contributed by atoms with Crippen LogP contribution < -0.4 is 0 Å². The van der Waals surface area contributed by atoms with Crippen LogP contribution in [0.15, 0.2) is 30.3 Å². The van der Waals surface area contributed by atoms with Crippen LogP contribution in [0, 0.1) is 11.8 Å². The van der Waals surface area contributed by atoms with Gasteiger partial charge in [-0.3, -0.25) is 0 Å². The van der Waals surface area contributed by atoms with Crippen LogP contribution in [0.4, 0.5) is 0 Å². The normalized spacial score (nSPS) is 20.1. The van der Waals surface area contributed by atoms with Crippen molar-refractivity contribution in [2.24, 2.45) is 11.8 Å². The molecule has 0 radical (unpaired) electrons. The molecule has 0 saturated carbocycles. The zero-order valence-electron chi connectivity index (χ0n) is 14.2. The van der Waals surface area contributed by atoms with Gasteiger partial charge in [-0.05, 0) is 54.2 Å². The Morgan fingerprint density at radius 2 is 1.86 bits per heavy atom. The molecular formula is C21H32. The Morgan fingerprint density at radius 1 is 1.10 bits per heavy atom. The van der Waals surface area contributed by atoms with Crippen LogP contribution in [-0.4, -0.2) is 0 Å². The Bertz CT molecular complexity index is 438. The standard InChI is InChI=1S/C21H32/c1-4-6-7-8-17(3)19-13-15-21(16-14-19)20-11-9-18(5-2)10-12-20/h9-12,15,17,19H,4-8,13-14,16H2,1-3H3. The number of hydrogen-bond acceptors (Lipinski definition) is 0. The van der Waals surface area contributed by atoms with Crippen molar-refractivity contribution in [2.75, 3.05) is 0 Å². The first-order chi connectivity index (χ1) is 10.2. The summed E-state index contributed by atoms with van der Waals surface area (Å²) in [6.45, 7) is 6.98. The largest absolute Gasteiger partial charge is 0.0804 e. The molecule has 116 valence electrons. The van der Waals surface area contributed by atoms with Gasteiger partial charge >= 0.3 is 0 Å². The van der Waals surface area contributed by atoms with E-state index < -0.39 is 0 Å². The highest BCUT2D eigenvalue weighted by atomic mass is 14.3. The van der Waals surface area contributed by atoms with E-state index in [2.05, 4.69) is 51.1 Å². The van der Waals surface area contributed by atoms with Crippen LogP contribution in [0.2, 0.25) is 0 Å². The zero-order chi connectivity index (χ0) is 15.1. The number of benzene rings is 1. The fourth-order valence-corrected chi connectivity index (χ4v) is 3.54. The quantitative estimate of drug-likeness (QED) is 0.492. The van der Waals surface area contributed by atoms with E-state index >= 15 is 0 Å². The second kappa shape index (κ2) is 8.41. The highest BCUT2D eigenvalue weighted by molar-refractivity contribution is 5.66. The van der Waals surface area contributed by atoms with Gasteiger partial charge in [-0.25, -0.2) is 0 Å². The third-order valence-corrected chi connectivity index (χ3v) is 5.25. The van der Waals surface area contributed by atoms with Gasteiger partial charge < -0.3 is 0 Å². The minimum absolute atomic E-state index is 0.900. The van der Waals surface area contributed by atoms with Crippen LogP contribution in [0.25, 0.3) is 5.57 Å². The lowest BCUT2D eigenvalue weighted by atomic mass is 9.78. The number of hydrogen-bond donors (Lipinski definition) is 0. The van der Waals surface area contributed by atoms with E-state index in [1.54, 1.807) is 5.57 Å². The molecule has 0 aliphatic heterocycles. The van der Waals surface area contributed by atoms with E-state index in [1.807, 2.05) is 0 Å². The van der Waals surface area contributed by atoms with E-state index in [0.29, 0.717) is 0 Å². The lowest BCUT2D eigenvalue weighted by molar-refractivity contribution is 0.308. The number of rotatable bonds is 7. The van der Waals surface area contributed by atoms with Gasteiger partial charge in [0, 0.05) is 0 Å². The van der Waals surface area contributed by atoms with Crippen molar-refractivity contribution in [1.82, 2.24) is 0 Å². The highest BCUT2D eigenvalue weighted by Gasteiger charge is 2.20. The van der Waals surface area contributed by atoms with Crippen molar-refractivity contribution in [3.05, 3.63) is 41.5 Å². The fraction of sp³-hybridized carbons (Fsp3) is 0.619. The van der Waals surface area contributed by atoms with Crippen LogP contribution in [-0.2, 0) is 6.42 Å². The summed E-state index contributed by atoms with van der Waals surface area (Å²) in [6, 6.07) is 9.20. The van der Waals surface area contributed by atoms with Crippen molar-refractivity contribution in [3.63, 3.8) is 0 Å². The van der Waals surface area contributed by atoms with Crippen molar-refractivity contribution < 1.29 is 0 Å². The first kappa shape index (κ1) is 16.3. The van der Waals surface area contributed by atoms with Gasteiger partial charge in [0.15, 0.2) is 0 Å². The van der Waals surface area contributed by atoms with Crippen LogP contribution in [0.1, 0.15) is 76.8 Å². The van der Waals surface area contributed by atoms with Gasteiger partial charge in [0.25, 0.3) is 0 Å². The molecule has 0 bridgehead atoms. The summed E-state index contributed by atoms with van der Waals surface area (Å²) in [5.74, 6) is 1.82. The Hall–Kier alpha value is -1.04. The summed E-state index contributed by atoms with van der Waals surface area (Å²) < 4.78 is 0. The van der Waals surface area contributed by atoms with Crippen molar-refractivity contribution >= 4 is 5.57 Å². The molecule has 1 aliphatic carbocycles. The van der Waals surface area contributed by atoms with Crippen molar-refractivity contribution in [2.45, 2.75) is 72.1 Å². The molecule has 2 rings (SSSR count). The molecule has 1 aliphatic rings. The minimum Gasteiger partial charge on any atom is -0.0804 e. The average Bonchev–Trinajstić information content (AvgIpc) is 2.55. The predicted octanol–water partition coefficient (Wildman–Crippen LogP) is 6.65. The van der Waals surface area contributed by atoms with Crippen LogP contribution in [0.5, 0.6) is 0 Å². The van der Waals surface area contributed by atoms with E-state index in [1.165, 1.54) is 56.1 Å². The van der Waals surface area contributed by atoms with Gasteiger partial charge in [-0.15, -0.1) is 0 Å². The minimum atomic E-state index is 0.900. The molecule has 0 amide bonds. The molecule has 0 fully saturated rings. The lowest BCUT2D eigenvalue weighted by Crippen LogP contribution is -2.14. The van der Waals surface area contributed by atoms with E-state index in [-0.39, 0.29) is 0 Å². The summed E-state index contributed by atoms with van der Waals surface area (Å²) in [5, 5.41) is 0. The van der Waals surface area contributed by atoms with Gasteiger partial charge in [0.1, 0.15) is 0 Å². The average molecular weight is 284 g/mol. The Kier molecular flexibility index (Phi) is 6.54. The molecule has 0 spiro atoms. The maximum Gasteiger partial charge on any atom is -0.0228 e. The highest BCUT2D eigenvalue weighted by Crippen LogP contribution is 2.35. The summed E-state index contributed by atoms with van der Waals surface area (Å²) in [4.78, 5) is 0. The molecule has 0 aromatic heterocycles. The predicted molar refractivity (Wildman–Crippen MR) is 94.4 cm³/mol. The van der Waals surface area contributed by atoms with Gasteiger partial charge in [0.05, 0.1) is 0 Å². The molecule has 21 heavy (non-hydrogen) atoms. The molecule has 2 unspecified atom stereocenters. The molecule has 0 nitrogen and oxygen atoms in total. The summed E-state index contributed by atoms with van der Waals surface area (Å²) in [6.07, 6.45) is 13.2. The van der Waals surface area contributed by atoms with Gasteiger partial charge in [0.2, 0.25) is 0 Å². The van der Waals surface area contributed by atoms with Crippen molar-refractivity contribution in [3.8, 4) is 0 Å². The second-order valence-electron chi connectivity index (χ2n) is 6.79. The van der Waals surface area contributed by atoms with Crippen LogP contribution in [0.3, 0.4) is 0 Å². The Morgan fingerprint density at radius 3 is 2.43 bits per heavy atom. The molecule has 0 saturated heterocycles. The SMILES string of the molecule is CCCCCC(C)C1CC=C(c2ccc(CC)cc2)CC1. The molecule has 1 aromatic carbocycles. The molecular weight excluding hydrogens is 252 g/mol. The van der Waals surface area contributed by atoms with Gasteiger partial charge in [-0.1, -0.05) is 76.8 Å². The third-order valence-electron chi connectivity index (χ3n) is 5.25. The second-order valence-corrected chi connectivity index (χ2v) is 6.79. The first-order valence-electron chi connectivity index (χ1n) is 9.03. The smallest absolute Gasteiger partial charge is 0.0228 e. The number of allylic oxidation sites excluding steroid dienone is 2. The Labute approximate surface area is 131 Å². The lowest BCUT2D eigenvalue weighted by Gasteiger charge is -2.27. The monoisotopic (exact) mass is 284 g/mol. The first-order valence-corrected chi connectivity index (χ1v) is 9.03. The van der Waals surface area contributed by atoms with Gasteiger partial charge in [-0.2, -0.15) is 0 Å². The molecule has 0 N–H and O–H groups in total. The van der Waals surface area contributed by atoms with E-state index in [9.17, 15) is 0 Å². The summed E-state index contributed by atoms with van der Waals surface area (Å²) in [7, 11) is 0. The molecule has 0 heterocycles. The van der Waals surface area contributed by atoms with E-state index in [4.69, 9.17) is 0 Å². The number of unbranched alkanes of at least 4 members (excludes halogenated alkanes) is 2. The maximum atomic E-state index is 2.52. The van der Waals surface area contributed by atoms with Crippen molar-refractivity contribution in [1.29, 1.82) is 0 Å². The molecule has 2 atom stereocenters. The third kappa shape index (κ3) is 4.73. The Balaban J connectivity index is 1.88. The summed E-state index contributed by atoms with van der Waals surface area (Å²) in [5.41, 5.74) is 4.47. The van der Waals surface area contributed by atoms with Crippen LogP contribution >= 0.6 is 0 Å². The summed E-state index contributed by atoms with van der Waals surface area (Å²) >= 11 is 0. The maximum absolute atomic E-state index is 2.52. The topological polar surface area (TPSA) is 0 Å². The molecule has 0 heteroatoms. The zero-order valence-corrected chi connectivity index (χ0v) is 14.2.